The summed E-state index contributed by atoms with van der Waals surface area (Å²) in [7, 11) is 0.523. The number of carbonyl (C=O) groups excluding carboxylic acids is 1. The summed E-state index contributed by atoms with van der Waals surface area (Å²) in [5.74, 6) is 1.44. The molecule has 0 fully saturated rings. The van der Waals surface area contributed by atoms with Gasteiger partial charge in [-0.25, -0.2) is 4.98 Å². The first-order valence-electron chi connectivity index (χ1n) is 9.69. The molecule has 0 aliphatic heterocycles. The number of hydrogen-bond acceptors (Lipinski definition) is 6. The van der Waals surface area contributed by atoms with Gasteiger partial charge >= 0.3 is 0 Å². The molecule has 0 unspecified atom stereocenters. The third-order valence-corrected chi connectivity index (χ3v) is 7.56. The van der Waals surface area contributed by atoms with E-state index in [2.05, 4.69) is 24.6 Å². The minimum Gasteiger partial charge on any atom is -0.497 e. The Hall–Kier alpha value is -1.61. The lowest BCUT2D eigenvalue weighted by atomic mass is 10.1. The molecule has 29 heavy (non-hydrogen) atoms. The largest absolute Gasteiger partial charge is 0.497 e. The second-order valence-corrected chi connectivity index (χ2v) is 15.4. The Kier molecular flexibility index (Phi) is 8.95. The summed E-state index contributed by atoms with van der Waals surface area (Å²) in [6.45, 7) is 10.0. The molecule has 2 rings (SSSR count). The van der Waals surface area contributed by atoms with Crippen LogP contribution in [-0.4, -0.2) is 55.4 Å². The number of hydrogen-bond donors (Lipinski definition) is 0. The van der Waals surface area contributed by atoms with Gasteiger partial charge in [0.25, 0.3) is 0 Å². The van der Waals surface area contributed by atoms with Gasteiger partial charge in [0.05, 0.1) is 13.7 Å². The van der Waals surface area contributed by atoms with E-state index in [0.29, 0.717) is 12.4 Å². The van der Waals surface area contributed by atoms with Crippen molar-refractivity contribution in [2.75, 3.05) is 27.1 Å². The first-order chi connectivity index (χ1) is 13.7. The van der Waals surface area contributed by atoms with Crippen molar-refractivity contribution in [2.24, 2.45) is 0 Å². The molecule has 0 spiro atoms. The first-order valence-corrected chi connectivity index (χ1v) is 14.4. The summed E-state index contributed by atoms with van der Waals surface area (Å²) in [4.78, 5) is 17.1. The first kappa shape index (κ1) is 23.7. The normalized spacial score (nSPS) is 13.8. The fourth-order valence-electron chi connectivity index (χ4n) is 2.51. The monoisotopic (exact) mass is 436 g/mol. The maximum absolute atomic E-state index is 13.1. The van der Waals surface area contributed by atoms with Crippen LogP contribution >= 0.6 is 11.8 Å². The van der Waals surface area contributed by atoms with E-state index in [-0.39, 0.29) is 19.3 Å². The number of thioether (sulfide) groups is 1. The van der Waals surface area contributed by atoms with E-state index in [9.17, 15) is 4.79 Å². The predicted molar refractivity (Wildman–Crippen MR) is 120 cm³/mol. The molecule has 8 heteroatoms. The lowest BCUT2D eigenvalue weighted by molar-refractivity contribution is -0.0535. The number of rotatable bonds is 12. The quantitative estimate of drug-likeness (QED) is 0.276. The lowest BCUT2D eigenvalue weighted by Gasteiger charge is -2.27. The molecule has 160 valence electrons. The molecule has 1 heterocycles. The molecule has 0 amide bonds. The van der Waals surface area contributed by atoms with Gasteiger partial charge < -0.3 is 14.2 Å². The highest BCUT2D eigenvalue weighted by Gasteiger charge is 2.35. The maximum Gasteiger partial charge on any atom is 0.250 e. The third-order valence-electron chi connectivity index (χ3n) is 4.45. The minimum atomic E-state index is -1.12. The van der Waals surface area contributed by atoms with Gasteiger partial charge in [0, 0.05) is 32.8 Å². The predicted octanol–water partition coefficient (Wildman–Crippen LogP) is 4.55. The molecule has 2 aromatic rings. The van der Waals surface area contributed by atoms with E-state index in [1.807, 2.05) is 31.2 Å². The highest BCUT2D eigenvalue weighted by Crippen LogP contribution is 2.31. The second-order valence-electron chi connectivity index (χ2n) is 8.33. The van der Waals surface area contributed by atoms with Crippen LogP contribution in [0.1, 0.15) is 17.3 Å². The van der Waals surface area contributed by atoms with E-state index in [0.717, 1.165) is 17.4 Å². The van der Waals surface area contributed by atoms with Gasteiger partial charge in [-0.05, 0) is 30.7 Å². The Balaban J connectivity index is 1.94. The fourth-order valence-corrected chi connectivity index (χ4v) is 4.34. The smallest absolute Gasteiger partial charge is 0.250 e. The van der Waals surface area contributed by atoms with Crippen LogP contribution in [0.4, 0.5) is 0 Å². The zero-order chi connectivity index (χ0) is 21.3. The number of nitrogens with zero attached hydrogens (tertiary/aromatic N) is 2. The van der Waals surface area contributed by atoms with Gasteiger partial charge in [0.1, 0.15) is 23.6 Å². The number of aromatic nitrogens is 2. The summed E-state index contributed by atoms with van der Waals surface area (Å²) in [5.41, 5.74) is 1.12. The Morgan fingerprint density at radius 1 is 1.21 bits per heavy atom. The van der Waals surface area contributed by atoms with Crippen molar-refractivity contribution >= 4 is 25.7 Å². The van der Waals surface area contributed by atoms with Crippen LogP contribution in [0.25, 0.3) is 0 Å². The highest BCUT2D eigenvalue weighted by atomic mass is 32.2. The van der Waals surface area contributed by atoms with Crippen molar-refractivity contribution in [2.45, 2.75) is 43.1 Å². The standard InChI is InChI=1S/C21H32N2O4SSi/c1-21(20(24)23-11-10-22-16-23,15-27-17-26-12-13-29(3,4)5)28-14-18-6-8-19(25-2)9-7-18/h6-11,16H,12-15,17H2,1-5H3/t21-/m0/s1. The molecule has 0 saturated heterocycles. The molecule has 1 atom stereocenters. The highest BCUT2D eigenvalue weighted by molar-refractivity contribution is 8.00. The van der Waals surface area contributed by atoms with Gasteiger partial charge in [-0.3, -0.25) is 9.36 Å². The van der Waals surface area contributed by atoms with E-state index in [1.54, 1.807) is 31.3 Å². The SMILES string of the molecule is COc1ccc(CS[C@@](C)(COCOCC[Si](C)(C)C)C(=O)n2ccnc2)cc1. The van der Waals surface area contributed by atoms with Crippen LogP contribution in [0.5, 0.6) is 5.75 Å². The fraction of sp³-hybridized carbons (Fsp3) is 0.524. The van der Waals surface area contributed by atoms with Gasteiger partial charge in [-0.2, -0.15) is 0 Å². The van der Waals surface area contributed by atoms with Crippen LogP contribution < -0.4 is 4.74 Å². The molecule has 1 aromatic heterocycles. The van der Waals surface area contributed by atoms with Gasteiger partial charge in [0.2, 0.25) is 5.91 Å². The van der Waals surface area contributed by atoms with Crippen LogP contribution in [0.3, 0.4) is 0 Å². The molecule has 0 radical (unpaired) electrons. The van der Waals surface area contributed by atoms with Crippen molar-refractivity contribution in [1.29, 1.82) is 0 Å². The number of benzene rings is 1. The Bertz CT molecular complexity index is 747. The molecule has 6 nitrogen and oxygen atoms in total. The summed E-state index contributed by atoms with van der Waals surface area (Å²) >= 11 is 1.55. The van der Waals surface area contributed by atoms with Gasteiger partial charge in [0.15, 0.2) is 0 Å². The zero-order valence-corrected chi connectivity index (χ0v) is 19.8. The van der Waals surface area contributed by atoms with E-state index >= 15 is 0 Å². The Morgan fingerprint density at radius 3 is 2.52 bits per heavy atom. The van der Waals surface area contributed by atoms with Crippen molar-refractivity contribution in [3.05, 3.63) is 48.5 Å². The zero-order valence-electron chi connectivity index (χ0n) is 18.0. The van der Waals surface area contributed by atoms with Crippen LogP contribution in [0.2, 0.25) is 25.7 Å². The number of carbonyl (C=O) groups is 1. The lowest BCUT2D eigenvalue weighted by Crippen LogP contribution is -2.40. The number of methoxy groups -OCH3 is 1. The van der Waals surface area contributed by atoms with Crippen LogP contribution in [0.15, 0.2) is 43.0 Å². The van der Waals surface area contributed by atoms with Crippen molar-refractivity contribution < 1.29 is 19.0 Å². The summed E-state index contributed by atoms with van der Waals surface area (Å²) in [5, 5.41) is 0. The number of ether oxygens (including phenoxy) is 3. The minimum absolute atomic E-state index is 0.0596. The Labute approximate surface area is 179 Å². The van der Waals surface area contributed by atoms with E-state index < -0.39 is 12.8 Å². The van der Waals surface area contributed by atoms with Gasteiger partial charge in [-0.1, -0.05) is 31.8 Å². The van der Waals surface area contributed by atoms with Gasteiger partial charge in [-0.15, -0.1) is 11.8 Å². The number of imidazole rings is 1. The molecule has 0 bridgehead atoms. The molecule has 0 saturated carbocycles. The summed E-state index contributed by atoms with van der Waals surface area (Å²) < 4.78 is 17.3. The summed E-state index contributed by atoms with van der Waals surface area (Å²) in [6, 6.07) is 8.96. The van der Waals surface area contributed by atoms with Crippen molar-refractivity contribution in [3.63, 3.8) is 0 Å². The van der Waals surface area contributed by atoms with Crippen molar-refractivity contribution in [1.82, 2.24) is 9.55 Å². The van der Waals surface area contributed by atoms with Crippen LogP contribution in [-0.2, 0) is 15.2 Å². The maximum atomic E-state index is 13.1. The Morgan fingerprint density at radius 2 is 1.93 bits per heavy atom. The average molecular weight is 437 g/mol. The van der Waals surface area contributed by atoms with E-state index in [1.165, 1.54) is 10.9 Å². The third kappa shape index (κ3) is 7.97. The molecule has 0 N–H and O–H groups in total. The summed E-state index contributed by atoms with van der Waals surface area (Å²) in [6.07, 6.45) is 4.80. The molecular weight excluding hydrogens is 404 g/mol. The molecule has 0 aliphatic carbocycles. The second kappa shape index (κ2) is 11.0. The molecule has 0 aliphatic rings. The topological polar surface area (TPSA) is 62.6 Å². The van der Waals surface area contributed by atoms with Crippen LogP contribution in [0, 0.1) is 0 Å². The molecule has 1 aromatic carbocycles. The average Bonchev–Trinajstić information content (AvgIpc) is 3.22. The molecular formula is C21H32N2O4SSi. The van der Waals surface area contributed by atoms with E-state index in [4.69, 9.17) is 14.2 Å². The van der Waals surface area contributed by atoms with Crippen molar-refractivity contribution in [3.8, 4) is 5.75 Å².